The maximum absolute atomic E-state index is 12.3. The molecule has 0 aromatic carbocycles. The minimum atomic E-state index is -1.04. The lowest BCUT2D eigenvalue weighted by Crippen LogP contribution is -2.54. The topological polar surface area (TPSA) is 154 Å². The molecule has 12 heteroatoms. The van der Waals surface area contributed by atoms with E-state index in [2.05, 4.69) is 15.0 Å². The molecule has 0 unspecified atom stereocenters. The van der Waals surface area contributed by atoms with Crippen LogP contribution in [0, 0.1) is 0 Å². The average molecular weight is 364 g/mol. The van der Waals surface area contributed by atoms with E-state index in [-0.39, 0.29) is 6.54 Å². The van der Waals surface area contributed by atoms with E-state index in [9.17, 15) is 28.8 Å². The van der Waals surface area contributed by atoms with Crippen molar-refractivity contribution in [3.63, 3.8) is 0 Å². The van der Waals surface area contributed by atoms with Crippen LogP contribution in [-0.4, -0.2) is 38.5 Å². The molecule has 0 bridgehead atoms. The van der Waals surface area contributed by atoms with Gasteiger partial charge in [0.2, 0.25) is 18.2 Å². The summed E-state index contributed by atoms with van der Waals surface area (Å²) in [7, 11) is 0. The second-order valence-electron chi connectivity index (χ2n) is 5.02. The van der Waals surface area contributed by atoms with Crippen molar-refractivity contribution < 1.29 is 14.4 Å². The van der Waals surface area contributed by atoms with Gasteiger partial charge in [0.25, 0.3) is 0 Å². The van der Waals surface area contributed by atoms with Crippen LogP contribution in [0.2, 0.25) is 0 Å². The highest BCUT2D eigenvalue weighted by Gasteiger charge is 2.14. The molecule has 1 heterocycles. The van der Waals surface area contributed by atoms with Gasteiger partial charge in [0.05, 0.1) is 6.54 Å². The second kappa shape index (κ2) is 11.2. The molecule has 0 radical (unpaired) electrons. The first-order valence-corrected chi connectivity index (χ1v) is 7.63. The molecule has 0 saturated heterocycles. The van der Waals surface area contributed by atoms with Crippen molar-refractivity contribution in [1.82, 2.24) is 13.7 Å². The zero-order valence-corrected chi connectivity index (χ0v) is 13.8. The fourth-order valence-electron chi connectivity index (χ4n) is 2.17. The number of rotatable bonds is 11. The molecule has 138 valence electrons. The van der Waals surface area contributed by atoms with Crippen LogP contribution in [-0.2, 0) is 34.3 Å². The summed E-state index contributed by atoms with van der Waals surface area (Å²) in [5, 5.41) is 0. The van der Waals surface area contributed by atoms with Gasteiger partial charge < -0.3 is 0 Å². The molecule has 0 saturated carbocycles. The van der Waals surface area contributed by atoms with Gasteiger partial charge in [-0.25, -0.2) is 47.5 Å². The summed E-state index contributed by atoms with van der Waals surface area (Å²) in [6, 6.07) is 0. The third kappa shape index (κ3) is 5.57. The Kier molecular flexibility index (Phi) is 8.84. The molecule has 26 heavy (non-hydrogen) atoms. The highest BCUT2D eigenvalue weighted by Crippen LogP contribution is 2.00. The van der Waals surface area contributed by atoms with E-state index < -0.39 is 30.4 Å². The number of isocyanates is 3. The quantitative estimate of drug-likeness (QED) is 0.269. The number of carbonyl (C=O) groups excluding carboxylic acids is 3. The van der Waals surface area contributed by atoms with Crippen LogP contribution < -0.4 is 17.1 Å². The lowest BCUT2D eigenvalue weighted by molar-refractivity contribution is 0.437. The third-order valence-corrected chi connectivity index (χ3v) is 3.40. The molecule has 0 N–H and O–H groups in total. The number of aromatic nitrogens is 3. The Morgan fingerprint density at radius 2 is 1.08 bits per heavy atom. The van der Waals surface area contributed by atoms with Gasteiger partial charge in [0, 0.05) is 6.54 Å². The average Bonchev–Trinajstić information content (AvgIpc) is 2.63. The zero-order valence-electron chi connectivity index (χ0n) is 13.8. The van der Waals surface area contributed by atoms with Crippen molar-refractivity contribution in [1.29, 1.82) is 0 Å². The van der Waals surface area contributed by atoms with Crippen molar-refractivity contribution in [2.75, 3.05) is 6.54 Å². The van der Waals surface area contributed by atoms with E-state index in [1.54, 1.807) is 0 Å². The van der Waals surface area contributed by atoms with Crippen LogP contribution in [0.25, 0.3) is 0 Å². The normalized spacial score (nSPS) is 9.69. The Labute approximate surface area is 145 Å². The van der Waals surface area contributed by atoms with E-state index in [1.165, 1.54) is 18.2 Å². The number of aliphatic imine (C=N–C) groups is 3. The number of hydrogen-bond acceptors (Lipinski definition) is 9. The maximum Gasteiger partial charge on any atom is 0.339 e. The Balaban J connectivity index is 3.08. The van der Waals surface area contributed by atoms with Crippen LogP contribution in [0.5, 0.6) is 0 Å². The zero-order chi connectivity index (χ0) is 19.4. The monoisotopic (exact) mass is 364 g/mol. The molecule has 0 fully saturated rings. The van der Waals surface area contributed by atoms with Gasteiger partial charge >= 0.3 is 17.1 Å². The third-order valence-electron chi connectivity index (χ3n) is 3.40. The SMILES string of the molecule is O=C=NCCCCCCn1c(=O)n(CN=C=O)c(=O)n(CN=C=O)c1=O. The van der Waals surface area contributed by atoms with Gasteiger partial charge in [0.15, 0.2) is 0 Å². The maximum atomic E-state index is 12.3. The number of unbranched alkanes of at least 4 members (excludes halogenated alkanes) is 3. The summed E-state index contributed by atoms with van der Waals surface area (Å²) in [4.78, 5) is 76.9. The highest BCUT2D eigenvalue weighted by atomic mass is 16.2. The Morgan fingerprint density at radius 3 is 1.58 bits per heavy atom. The number of hydrogen-bond donors (Lipinski definition) is 0. The van der Waals surface area contributed by atoms with Crippen molar-refractivity contribution in [3.05, 3.63) is 31.5 Å². The van der Waals surface area contributed by atoms with Crippen LogP contribution in [0.3, 0.4) is 0 Å². The standard InChI is InChI=1S/C14H16N6O6/c21-9-15-5-3-1-2-4-6-18-12(24)19(7-16-10-22)14(26)20(13(18)25)8-17-11-23/h1-8H2. The van der Waals surface area contributed by atoms with Gasteiger partial charge in [-0.1, -0.05) is 12.8 Å². The lowest BCUT2D eigenvalue weighted by Gasteiger charge is -2.11. The lowest BCUT2D eigenvalue weighted by atomic mass is 10.2. The van der Waals surface area contributed by atoms with Crippen molar-refractivity contribution >= 4 is 18.2 Å². The van der Waals surface area contributed by atoms with E-state index in [0.29, 0.717) is 34.9 Å². The summed E-state index contributed by atoms with van der Waals surface area (Å²) in [6.45, 7) is -0.828. The van der Waals surface area contributed by atoms with E-state index in [4.69, 9.17) is 0 Å². The summed E-state index contributed by atoms with van der Waals surface area (Å²) in [6.07, 6.45) is 6.32. The van der Waals surface area contributed by atoms with Crippen LogP contribution in [0.4, 0.5) is 0 Å². The molecular weight excluding hydrogens is 348 g/mol. The summed E-state index contributed by atoms with van der Waals surface area (Å²) in [5.74, 6) is 0. The van der Waals surface area contributed by atoms with Crippen LogP contribution in [0.15, 0.2) is 29.4 Å². The first-order chi connectivity index (χ1) is 12.6. The molecule has 0 atom stereocenters. The van der Waals surface area contributed by atoms with Crippen LogP contribution >= 0.6 is 0 Å². The molecule has 0 aliphatic rings. The van der Waals surface area contributed by atoms with Crippen molar-refractivity contribution in [2.24, 2.45) is 15.0 Å². The van der Waals surface area contributed by atoms with Gasteiger partial charge in [-0.15, -0.1) is 0 Å². The largest absolute Gasteiger partial charge is 0.339 e. The fourth-order valence-corrected chi connectivity index (χ4v) is 2.17. The van der Waals surface area contributed by atoms with E-state index >= 15 is 0 Å². The molecule has 0 aliphatic carbocycles. The molecule has 0 aliphatic heterocycles. The van der Waals surface area contributed by atoms with Gasteiger partial charge in [-0.05, 0) is 12.8 Å². The van der Waals surface area contributed by atoms with E-state index in [1.807, 2.05) is 0 Å². The predicted octanol–water partition coefficient (Wildman–Crippen LogP) is -1.35. The first-order valence-electron chi connectivity index (χ1n) is 7.63. The minimum Gasteiger partial charge on any atom is -0.247 e. The number of nitrogens with zero attached hydrogens (tertiary/aromatic N) is 6. The summed E-state index contributed by atoms with van der Waals surface area (Å²) < 4.78 is 1.96. The predicted molar refractivity (Wildman–Crippen MR) is 86.9 cm³/mol. The van der Waals surface area contributed by atoms with Gasteiger partial charge in [0.1, 0.15) is 13.3 Å². The van der Waals surface area contributed by atoms with Crippen molar-refractivity contribution in [3.8, 4) is 0 Å². The molecule has 12 nitrogen and oxygen atoms in total. The molecule has 1 rings (SSSR count). The van der Waals surface area contributed by atoms with E-state index in [0.717, 1.165) is 11.0 Å². The molecule has 0 spiro atoms. The Morgan fingerprint density at radius 1 is 0.615 bits per heavy atom. The summed E-state index contributed by atoms with van der Waals surface area (Å²) in [5.41, 5.74) is -2.88. The molecular formula is C14H16N6O6. The highest BCUT2D eigenvalue weighted by molar-refractivity contribution is 5.33. The van der Waals surface area contributed by atoms with Gasteiger partial charge in [-0.2, -0.15) is 9.98 Å². The van der Waals surface area contributed by atoms with Crippen LogP contribution in [0.1, 0.15) is 25.7 Å². The Bertz CT molecular complexity index is 880. The van der Waals surface area contributed by atoms with Gasteiger partial charge in [-0.3, -0.25) is 0 Å². The molecule has 1 aromatic rings. The fraction of sp³-hybridized carbons (Fsp3) is 0.571. The summed E-state index contributed by atoms with van der Waals surface area (Å²) >= 11 is 0. The van der Waals surface area contributed by atoms with Crippen molar-refractivity contribution in [2.45, 2.75) is 45.6 Å². The molecule has 0 amide bonds. The second-order valence-corrected chi connectivity index (χ2v) is 5.02. The first kappa shape index (κ1) is 20.6. The Hall–Kier alpha value is -3.45. The smallest absolute Gasteiger partial charge is 0.247 e. The molecule has 1 aromatic heterocycles. The minimum absolute atomic E-state index is 0.0184.